The molecule has 4 aromatic rings. The number of hydrogen-bond acceptors (Lipinski definition) is 5. The SMILES string of the molecule is CC(C)(C)OC(=O)c1cccc(-c2c(-c3ccccc3)nn(-c3ccccc3)c2S(C)(=O)=O)c1. The number of rotatable bonds is 5. The second kappa shape index (κ2) is 8.91. The Labute approximate surface area is 199 Å². The highest BCUT2D eigenvalue weighted by Gasteiger charge is 2.29. The van der Waals surface area contributed by atoms with Crippen molar-refractivity contribution in [2.45, 2.75) is 31.4 Å². The molecule has 174 valence electrons. The molecule has 0 amide bonds. The average molecular weight is 475 g/mol. The molecule has 1 aromatic heterocycles. The summed E-state index contributed by atoms with van der Waals surface area (Å²) in [6.07, 6.45) is 1.17. The molecule has 0 atom stereocenters. The van der Waals surface area contributed by atoms with Gasteiger partial charge in [-0.1, -0.05) is 60.7 Å². The summed E-state index contributed by atoms with van der Waals surface area (Å²) in [4.78, 5) is 12.7. The zero-order valence-electron chi connectivity index (χ0n) is 19.5. The van der Waals surface area contributed by atoms with Crippen molar-refractivity contribution < 1.29 is 17.9 Å². The zero-order valence-corrected chi connectivity index (χ0v) is 20.3. The summed E-state index contributed by atoms with van der Waals surface area (Å²) >= 11 is 0. The van der Waals surface area contributed by atoms with Crippen LogP contribution in [0.4, 0.5) is 0 Å². The van der Waals surface area contributed by atoms with Gasteiger partial charge in [0, 0.05) is 17.4 Å². The Morgan fingerprint density at radius 1 is 0.853 bits per heavy atom. The van der Waals surface area contributed by atoms with Crippen LogP contribution in [0.5, 0.6) is 0 Å². The summed E-state index contributed by atoms with van der Waals surface area (Å²) in [6, 6.07) is 25.3. The third-order valence-electron chi connectivity index (χ3n) is 5.03. The molecular formula is C27H26N2O4S. The molecule has 1 heterocycles. The number of sulfone groups is 1. The minimum Gasteiger partial charge on any atom is -0.456 e. The number of ether oxygens (including phenoxy) is 1. The van der Waals surface area contributed by atoms with Gasteiger partial charge in [-0.05, 0) is 50.6 Å². The van der Waals surface area contributed by atoms with Crippen LogP contribution in [0, 0.1) is 0 Å². The van der Waals surface area contributed by atoms with E-state index < -0.39 is 21.4 Å². The lowest BCUT2D eigenvalue weighted by Gasteiger charge is -2.19. The Morgan fingerprint density at radius 3 is 2.03 bits per heavy atom. The van der Waals surface area contributed by atoms with E-state index in [0.717, 1.165) is 5.56 Å². The first-order valence-corrected chi connectivity index (χ1v) is 12.7. The number of nitrogens with zero attached hydrogens (tertiary/aromatic N) is 2. The van der Waals surface area contributed by atoms with Crippen molar-refractivity contribution in [1.82, 2.24) is 9.78 Å². The molecular weight excluding hydrogens is 448 g/mol. The highest BCUT2D eigenvalue weighted by atomic mass is 32.2. The summed E-state index contributed by atoms with van der Waals surface area (Å²) in [6.45, 7) is 5.40. The Bertz CT molecular complexity index is 1440. The second-order valence-electron chi connectivity index (χ2n) is 9.00. The van der Waals surface area contributed by atoms with Gasteiger partial charge in [-0.2, -0.15) is 5.10 Å². The molecule has 6 nitrogen and oxygen atoms in total. The maximum absolute atomic E-state index is 13.1. The van der Waals surface area contributed by atoms with Crippen molar-refractivity contribution in [3.63, 3.8) is 0 Å². The van der Waals surface area contributed by atoms with E-state index in [-0.39, 0.29) is 5.03 Å². The molecule has 0 N–H and O–H groups in total. The van der Waals surface area contributed by atoms with Gasteiger partial charge < -0.3 is 4.74 Å². The fourth-order valence-electron chi connectivity index (χ4n) is 3.69. The molecule has 0 saturated heterocycles. The largest absolute Gasteiger partial charge is 0.456 e. The fourth-order valence-corrected chi connectivity index (χ4v) is 4.73. The van der Waals surface area contributed by atoms with Crippen molar-refractivity contribution in [2.24, 2.45) is 0 Å². The van der Waals surface area contributed by atoms with Gasteiger partial charge in [-0.3, -0.25) is 0 Å². The van der Waals surface area contributed by atoms with Crippen LogP contribution in [-0.4, -0.2) is 36.0 Å². The first-order valence-electron chi connectivity index (χ1n) is 10.8. The smallest absolute Gasteiger partial charge is 0.338 e. The van der Waals surface area contributed by atoms with Crippen molar-refractivity contribution in [3.8, 4) is 28.1 Å². The molecule has 0 saturated carbocycles. The molecule has 0 spiro atoms. The third-order valence-corrected chi connectivity index (χ3v) is 6.11. The van der Waals surface area contributed by atoms with Crippen molar-refractivity contribution in [1.29, 1.82) is 0 Å². The lowest BCUT2D eigenvalue weighted by molar-refractivity contribution is 0.00695. The highest BCUT2D eigenvalue weighted by Crippen LogP contribution is 2.38. The summed E-state index contributed by atoms with van der Waals surface area (Å²) in [5, 5.41) is 4.80. The van der Waals surface area contributed by atoms with E-state index in [1.165, 1.54) is 10.9 Å². The van der Waals surface area contributed by atoms with Crippen LogP contribution >= 0.6 is 0 Å². The number of benzene rings is 3. The molecule has 0 aliphatic heterocycles. The molecule has 0 aliphatic rings. The number of esters is 1. The van der Waals surface area contributed by atoms with Gasteiger partial charge in [0.05, 0.1) is 11.3 Å². The molecule has 0 radical (unpaired) electrons. The van der Waals surface area contributed by atoms with E-state index in [2.05, 4.69) is 0 Å². The van der Waals surface area contributed by atoms with E-state index in [0.29, 0.717) is 28.1 Å². The van der Waals surface area contributed by atoms with Crippen molar-refractivity contribution >= 4 is 15.8 Å². The predicted molar refractivity (Wildman–Crippen MR) is 133 cm³/mol. The lowest BCUT2D eigenvalue weighted by atomic mass is 10.00. The van der Waals surface area contributed by atoms with E-state index in [1.807, 2.05) is 48.5 Å². The van der Waals surface area contributed by atoms with Crippen LogP contribution in [0.1, 0.15) is 31.1 Å². The Balaban J connectivity index is 2.01. The second-order valence-corrected chi connectivity index (χ2v) is 10.9. The Hall–Kier alpha value is -3.71. The number of aromatic nitrogens is 2. The standard InChI is InChI=1S/C27H26N2O4S/c1-27(2,3)33-26(30)21-15-11-14-20(18-21)23-24(19-12-7-5-8-13-19)28-29(25(23)34(4,31)32)22-16-9-6-10-17-22/h5-18H,1-4H3. The van der Waals surface area contributed by atoms with Crippen molar-refractivity contribution in [2.75, 3.05) is 6.26 Å². The zero-order chi connectivity index (χ0) is 24.5. The maximum Gasteiger partial charge on any atom is 0.338 e. The van der Waals surface area contributed by atoms with Gasteiger partial charge in [-0.15, -0.1) is 0 Å². The molecule has 34 heavy (non-hydrogen) atoms. The van der Waals surface area contributed by atoms with Crippen molar-refractivity contribution in [3.05, 3.63) is 90.5 Å². The Kier molecular flexibility index (Phi) is 6.15. The summed E-state index contributed by atoms with van der Waals surface area (Å²) < 4.78 is 33.2. The third kappa shape index (κ3) is 4.94. The predicted octanol–water partition coefficient (Wildman–Crippen LogP) is 5.57. The summed E-state index contributed by atoms with van der Waals surface area (Å²) in [5.74, 6) is -0.480. The fraction of sp³-hybridized carbons (Fsp3) is 0.185. The normalized spacial score (nSPS) is 11.9. The van der Waals surface area contributed by atoms with Gasteiger partial charge in [-0.25, -0.2) is 17.9 Å². The van der Waals surface area contributed by atoms with E-state index in [4.69, 9.17) is 9.84 Å². The summed E-state index contributed by atoms with van der Waals surface area (Å²) in [7, 11) is -3.73. The molecule has 3 aromatic carbocycles. The monoisotopic (exact) mass is 474 g/mol. The number of hydrogen-bond donors (Lipinski definition) is 0. The van der Waals surface area contributed by atoms with Gasteiger partial charge in [0.1, 0.15) is 11.3 Å². The van der Waals surface area contributed by atoms with Gasteiger partial charge in [0.25, 0.3) is 0 Å². The van der Waals surface area contributed by atoms with E-state index in [1.54, 1.807) is 57.2 Å². The number of para-hydroxylation sites is 1. The molecule has 0 fully saturated rings. The molecule has 0 unspecified atom stereocenters. The van der Waals surface area contributed by atoms with Crippen LogP contribution in [0.3, 0.4) is 0 Å². The van der Waals surface area contributed by atoms with Crippen LogP contribution in [0.15, 0.2) is 90.0 Å². The first-order chi connectivity index (χ1) is 16.0. The average Bonchev–Trinajstić information content (AvgIpc) is 3.21. The van der Waals surface area contributed by atoms with Gasteiger partial charge in [0.15, 0.2) is 14.9 Å². The topological polar surface area (TPSA) is 78.3 Å². The molecule has 0 aliphatic carbocycles. The minimum absolute atomic E-state index is 0.0545. The van der Waals surface area contributed by atoms with Crippen LogP contribution in [0.25, 0.3) is 28.1 Å². The summed E-state index contributed by atoms with van der Waals surface area (Å²) in [5.41, 5.74) is 2.56. The van der Waals surface area contributed by atoms with Gasteiger partial charge in [0.2, 0.25) is 0 Å². The number of carbonyl (C=O) groups excluding carboxylic acids is 1. The van der Waals surface area contributed by atoms with Crippen LogP contribution in [0.2, 0.25) is 0 Å². The van der Waals surface area contributed by atoms with Gasteiger partial charge >= 0.3 is 5.97 Å². The number of carbonyl (C=O) groups is 1. The molecule has 0 bridgehead atoms. The maximum atomic E-state index is 13.1. The first kappa shape index (κ1) is 23.4. The molecule has 7 heteroatoms. The van der Waals surface area contributed by atoms with E-state index >= 15 is 0 Å². The molecule has 4 rings (SSSR count). The van der Waals surface area contributed by atoms with Crippen LogP contribution in [-0.2, 0) is 14.6 Å². The minimum atomic E-state index is -3.73. The lowest BCUT2D eigenvalue weighted by Crippen LogP contribution is -2.23. The quantitative estimate of drug-likeness (QED) is 0.354. The highest BCUT2D eigenvalue weighted by molar-refractivity contribution is 7.90. The van der Waals surface area contributed by atoms with Crippen LogP contribution < -0.4 is 0 Å². The van der Waals surface area contributed by atoms with E-state index in [9.17, 15) is 13.2 Å². The Morgan fingerprint density at radius 2 is 1.44 bits per heavy atom.